The quantitative estimate of drug-likeness (QED) is 0.837. The van der Waals surface area contributed by atoms with Gasteiger partial charge >= 0.3 is 0 Å². The largest absolute Gasteiger partial charge is 0.297 e. The first kappa shape index (κ1) is 14.7. The SMILES string of the molecule is C[C@H]1CN2CCC[C@H]2CN1S(=O)(=O)c1ccc2c(c1)CCC2. The fourth-order valence-corrected chi connectivity index (χ4v) is 6.05. The van der Waals surface area contributed by atoms with Crippen LogP contribution in [-0.2, 0) is 22.9 Å². The zero-order valence-corrected chi connectivity index (χ0v) is 14.0. The van der Waals surface area contributed by atoms with Crippen LogP contribution in [-0.4, -0.2) is 49.3 Å². The number of piperazine rings is 1. The third kappa shape index (κ3) is 2.30. The van der Waals surface area contributed by atoms with Gasteiger partial charge in [0.05, 0.1) is 4.90 Å². The molecular weight excluding hydrogens is 296 g/mol. The molecule has 1 aliphatic carbocycles. The van der Waals surface area contributed by atoms with Crippen molar-refractivity contribution in [1.82, 2.24) is 9.21 Å². The van der Waals surface area contributed by atoms with Crippen LogP contribution in [0.4, 0.5) is 0 Å². The van der Waals surface area contributed by atoms with E-state index < -0.39 is 10.0 Å². The van der Waals surface area contributed by atoms with Crippen LogP contribution in [0.25, 0.3) is 0 Å². The number of hydrogen-bond acceptors (Lipinski definition) is 3. The lowest BCUT2D eigenvalue weighted by Crippen LogP contribution is -2.56. The van der Waals surface area contributed by atoms with Crippen molar-refractivity contribution in [3.05, 3.63) is 29.3 Å². The Morgan fingerprint density at radius 2 is 1.91 bits per heavy atom. The van der Waals surface area contributed by atoms with E-state index in [1.54, 1.807) is 4.31 Å². The van der Waals surface area contributed by atoms with E-state index in [1.165, 1.54) is 17.5 Å². The van der Waals surface area contributed by atoms with Crippen LogP contribution in [0.1, 0.15) is 37.3 Å². The highest BCUT2D eigenvalue weighted by molar-refractivity contribution is 7.89. The van der Waals surface area contributed by atoms with Gasteiger partial charge in [0.15, 0.2) is 0 Å². The molecule has 5 heteroatoms. The van der Waals surface area contributed by atoms with Crippen molar-refractivity contribution >= 4 is 10.0 Å². The average Bonchev–Trinajstić information content (AvgIpc) is 3.13. The predicted molar refractivity (Wildman–Crippen MR) is 86.4 cm³/mol. The molecule has 0 bridgehead atoms. The van der Waals surface area contributed by atoms with Gasteiger partial charge in [-0.15, -0.1) is 0 Å². The number of aryl methyl sites for hydroxylation is 2. The highest BCUT2D eigenvalue weighted by atomic mass is 32.2. The monoisotopic (exact) mass is 320 g/mol. The molecule has 0 N–H and O–H groups in total. The van der Waals surface area contributed by atoms with Gasteiger partial charge in [0.2, 0.25) is 10.0 Å². The Bertz CT molecular complexity index is 686. The fourth-order valence-electron chi connectivity index (χ4n) is 4.34. The third-order valence-corrected chi connectivity index (χ3v) is 7.53. The summed E-state index contributed by atoms with van der Waals surface area (Å²) in [6.45, 7) is 4.69. The van der Waals surface area contributed by atoms with Gasteiger partial charge in [0.1, 0.15) is 0 Å². The maximum atomic E-state index is 13.1. The molecule has 1 aromatic rings. The van der Waals surface area contributed by atoms with Crippen molar-refractivity contribution in [2.24, 2.45) is 0 Å². The van der Waals surface area contributed by atoms with Crippen LogP contribution < -0.4 is 0 Å². The van der Waals surface area contributed by atoms with E-state index in [-0.39, 0.29) is 6.04 Å². The molecule has 0 radical (unpaired) electrons. The van der Waals surface area contributed by atoms with E-state index in [0.717, 1.165) is 38.8 Å². The molecule has 1 aromatic carbocycles. The van der Waals surface area contributed by atoms with Gasteiger partial charge < -0.3 is 0 Å². The Hall–Kier alpha value is -0.910. The number of sulfonamides is 1. The minimum absolute atomic E-state index is 0.0626. The van der Waals surface area contributed by atoms with E-state index in [4.69, 9.17) is 0 Å². The lowest BCUT2D eigenvalue weighted by molar-refractivity contribution is 0.117. The summed E-state index contributed by atoms with van der Waals surface area (Å²) in [4.78, 5) is 2.95. The Morgan fingerprint density at radius 3 is 2.77 bits per heavy atom. The second-order valence-electron chi connectivity index (χ2n) is 7.00. The van der Waals surface area contributed by atoms with Gasteiger partial charge in [-0.2, -0.15) is 4.31 Å². The summed E-state index contributed by atoms with van der Waals surface area (Å²) in [5.41, 5.74) is 2.56. The van der Waals surface area contributed by atoms with E-state index >= 15 is 0 Å². The molecule has 2 fully saturated rings. The molecule has 0 unspecified atom stereocenters. The number of fused-ring (bicyclic) bond motifs is 2. The minimum atomic E-state index is -3.36. The van der Waals surface area contributed by atoms with Crippen molar-refractivity contribution < 1.29 is 8.42 Å². The first-order chi connectivity index (χ1) is 10.6. The lowest BCUT2D eigenvalue weighted by Gasteiger charge is -2.41. The Labute approximate surface area is 133 Å². The van der Waals surface area contributed by atoms with Crippen molar-refractivity contribution in [3.63, 3.8) is 0 Å². The highest BCUT2D eigenvalue weighted by Crippen LogP contribution is 2.31. The molecule has 2 atom stereocenters. The van der Waals surface area contributed by atoms with Gasteiger partial charge in [0.25, 0.3) is 0 Å². The molecule has 0 spiro atoms. The van der Waals surface area contributed by atoms with Crippen LogP contribution in [0.5, 0.6) is 0 Å². The number of nitrogens with zero attached hydrogens (tertiary/aromatic N) is 2. The molecule has 2 aliphatic heterocycles. The average molecular weight is 320 g/mol. The molecule has 2 saturated heterocycles. The standard InChI is InChI=1S/C17H24N2O2S/c1-13-11-18-9-3-6-16(18)12-19(13)22(20,21)17-8-7-14-4-2-5-15(14)10-17/h7-8,10,13,16H,2-6,9,11-12H2,1H3/t13-,16-/m0/s1. The Kier molecular flexibility index (Phi) is 3.55. The predicted octanol–water partition coefficient (Wildman–Crippen LogP) is 2.03. The van der Waals surface area contributed by atoms with E-state index in [9.17, 15) is 8.42 Å². The second kappa shape index (κ2) is 5.32. The highest BCUT2D eigenvalue weighted by Gasteiger charge is 2.40. The second-order valence-corrected chi connectivity index (χ2v) is 8.89. The summed E-state index contributed by atoms with van der Waals surface area (Å²) in [6, 6.07) is 6.23. The maximum Gasteiger partial charge on any atom is 0.243 e. The third-order valence-electron chi connectivity index (χ3n) is 5.56. The van der Waals surface area contributed by atoms with Gasteiger partial charge in [0, 0.05) is 25.2 Å². The molecule has 2 heterocycles. The van der Waals surface area contributed by atoms with Gasteiger partial charge in [-0.25, -0.2) is 8.42 Å². The maximum absolute atomic E-state index is 13.1. The van der Waals surface area contributed by atoms with Gasteiger partial charge in [-0.05, 0) is 68.8 Å². The van der Waals surface area contributed by atoms with Crippen molar-refractivity contribution in [2.75, 3.05) is 19.6 Å². The Balaban J connectivity index is 1.65. The molecule has 3 aliphatic rings. The molecule has 0 saturated carbocycles. The van der Waals surface area contributed by atoms with Crippen LogP contribution in [0.2, 0.25) is 0 Å². The summed E-state index contributed by atoms with van der Waals surface area (Å²) in [5.74, 6) is 0. The Morgan fingerprint density at radius 1 is 1.09 bits per heavy atom. The molecule has 0 aromatic heterocycles. The number of hydrogen-bond donors (Lipinski definition) is 0. The van der Waals surface area contributed by atoms with E-state index in [0.29, 0.717) is 17.5 Å². The van der Waals surface area contributed by atoms with E-state index in [1.807, 2.05) is 25.1 Å². The van der Waals surface area contributed by atoms with Gasteiger partial charge in [-0.1, -0.05) is 6.07 Å². The summed E-state index contributed by atoms with van der Waals surface area (Å²) in [5, 5.41) is 0. The first-order valence-corrected chi connectivity index (χ1v) is 9.87. The molecule has 120 valence electrons. The minimum Gasteiger partial charge on any atom is -0.297 e. The topological polar surface area (TPSA) is 40.6 Å². The molecular formula is C17H24N2O2S. The molecule has 22 heavy (non-hydrogen) atoms. The van der Waals surface area contributed by atoms with Crippen LogP contribution in [0.3, 0.4) is 0 Å². The summed E-state index contributed by atoms with van der Waals surface area (Å²) in [7, 11) is -3.36. The summed E-state index contributed by atoms with van der Waals surface area (Å²) >= 11 is 0. The normalized spacial score (nSPS) is 29.5. The zero-order valence-electron chi connectivity index (χ0n) is 13.2. The van der Waals surface area contributed by atoms with Crippen molar-refractivity contribution in [3.8, 4) is 0 Å². The molecule has 4 nitrogen and oxygen atoms in total. The smallest absolute Gasteiger partial charge is 0.243 e. The van der Waals surface area contributed by atoms with Gasteiger partial charge in [-0.3, -0.25) is 4.90 Å². The number of benzene rings is 1. The lowest BCUT2D eigenvalue weighted by atomic mass is 10.1. The van der Waals surface area contributed by atoms with Crippen LogP contribution >= 0.6 is 0 Å². The fraction of sp³-hybridized carbons (Fsp3) is 0.647. The van der Waals surface area contributed by atoms with Crippen molar-refractivity contribution in [1.29, 1.82) is 0 Å². The zero-order chi connectivity index (χ0) is 15.3. The molecule has 0 amide bonds. The summed E-state index contributed by atoms with van der Waals surface area (Å²) in [6.07, 6.45) is 5.58. The molecule has 4 rings (SSSR count). The number of rotatable bonds is 2. The first-order valence-electron chi connectivity index (χ1n) is 8.43. The summed E-state index contributed by atoms with van der Waals surface area (Å²) < 4.78 is 27.9. The van der Waals surface area contributed by atoms with Crippen LogP contribution in [0.15, 0.2) is 23.1 Å². The van der Waals surface area contributed by atoms with E-state index in [2.05, 4.69) is 4.90 Å². The van der Waals surface area contributed by atoms with Crippen LogP contribution in [0, 0.1) is 0 Å². The van der Waals surface area contributed by atoms with Crippen molar-refractivity contribution in [2.45, 2.75) is 56.0 Å².